The minimum absolute atomic E-state index is 0.0588. The van der Waals surface area contributed by atoms with Crippen LogP contribution in [0.5, 0.6) is 0 Å². The monoisotopic (exact) mass is 632 g/mol. The van der Waals surface area contributed by atoms with E-state index in [1.54, 1.807) is 0 Å². The van der Waals surface area contributed by atoms with E-state index in [-0.39, 0.29) is 25.3 Å². The number of nitrogens with two attached hydrogens (primary N) is 1. The summed E-state index contributed by atoms with van der Waals surface area (Å²) < 4.78 is 27.5. The SMILES string of the molecule is NN1CCCC/C=C\[C@@H]2C[C@]2(C(=O)NS(=O)(=O)C2CC2)NC(=O)[C@@H]2C[C@@H](ON=C3c4ccccc4-c4ccccc43)CN2C1=O. The molecule has 0 spiro atoms. The Kier molecular flexibility index (Phi) is 7.40. The molecule has 2 aromatic rings. The number of sulfonamides is 1. The number of rotatable bonds is 5. The molecular formula is C32H36N6O6S. The summed E-state index contributed by atoms with van der Waals surface area (Å²) in [6, 6.07) is 14.3. The third kappa shape index (κ3) is 5.48. The second kappa shape index (κ2) is 11.3. The molecule has 12 nitrogen and oxygen atoms in total. The number of nitrogens with zero attached hydrogens (tertiary/aromatic N) is 3. The lowest BCUT2D eigenvalue weighted by Gasteiger charge is -2.29. The second-order valence-electron chi connectivity index (χ2n) is 12.5. The van der Waals surface area contributed by atoms with Crippen LogP contribution in [0.1, 0.15) is 56.1 Å². The summed E-state index contributed by atoms with van der Waals surface area (Å²) in [5, 5.41) is 7.91. The maximum atomic E-state index is 13.9. The van der Waals surface area contributed by atoms with Crippen molar-refractivity contribution in [2.45, 2.75) is 67.9 Å². The smallest absolute Gasteiger partial charge is 0.334 e. The maximum absolute atomic E-state index is 13.9. The van der Waals surface area contributed by atoms with E-state index in [0.29, 0.717) is 37.9 Å². The van der Waals surface area contributed by atoms with Crippen LogP contribution in [0.2, 0.25) is 0 Å². The van der Waals surface area contributed by atoms with Crippen molar-refractivity contribution in [3.8, 4) is 11.1 Å². The summed E-state index contributed by atoms with van der Waals surface area (Å²) in [5.41, 5.74) is 3.21. The Bertz CT molecular complexity index is 1670. The number of carbonyl (C=O) groups excluding carboxylic acids is 3. The first-order valence-corrected chi connectivity index (χ1v) is 17.0. The van der Waals surface area contributed by atoms with Crippen LogP contribution >= 0.6 is 0 Å². The van der Waals surface area contributed by atoms with Gasteiger partial charge in [0.25, 0.3) is 5.91 Å². The number of nitrogens with one attached hydrogen (secondary N) is 2. The third-order valence-corrected chi connectivity index (χ3v) is 11.2. The molecule has 7 rings (SSSR count). The highest BCUT2D eigenvalue weighted by molar-refractivity contribution is 7.91. The molecule has 45 heavy (non-hydrogen) atoms. The average molecular weight is 633 g/mol. The van der Waals surface area contributed by atoms with Gasteiger partial charge in [0.2, 0.25) is 15.9 Å². The van der Waals surface area contributed by atoms with Crippen LogP contribution in [0.15, 0.2) is 65.8 Å². The average Bonchev–Trinajstić information content (AvgIpc) is 3.93. The van der Waals surface area contributed by atoms with E-state index in [0.717, 1.165) is 33.7 Å². The van der Waals surface area contributed by atoms with E-state index in [9.17, 15) is 22.8 Å². The number of allylic oxidation sites excluding steroid dienone is 1. The Morgan fingerprint density at radius 2 is 1.69 bits per heavy atom. The Labute approximate surface area is 261 Å². The van der Waals surface area contributed by atoms with E-state index in [1.165, 1.54) is 4.90 Å². The molecule has 2 aromatic carbocycles. The van der Waals surface area contributed by atoms with Crippen molar-refractivity contribution in [2.75, 3.05) is 13.1 Å². The van der Waals surface area contributed by atoms with Crippen molar-refractivity contribution in [1.82, 2.24) is 19.9 Å². The fourth-order valence-electron chi connectivity index (χ4n) is 6.59. The molecule has 2 heterocycles. The Morgan fingerprint density at radius 3 is 2.36 bits per heavy atom. The number of amides is 4. The van der Waals surface area contributed by atoms with Crippen LogP contribution in [0.25, 0.3) is 11.1 Å². The third-order valence-electron chi connectivity index (χ3n) is 9.36. The van der Waals surface area contributed by atoms with Gasteiger partial charge in [-0.25, -0.2) is 19.1 Å². The van der Waals surface area contributed by atoms with Gasteiger partial charge in [-0.1, -0.05) is 65.8 Å². The van der Waals surface area contributed by atoms with E-state index in [2.05, 4.69) is 15.2 Å². The largest absolute Gasteiger partial charge is 0.390 e. The van der Waals surface area contributed by atoms with Crippen LogP contribution in [-0.4, -0.2) is 77.9 Å². The Morgan fingerprint density at radius 1 is 1.02 bits per heavy atom. The van der Waals surface area contributed by atoms with Crippen molar-refractivity contribution in [3.63, 3.8) is 0 Å². The minimum atomic E-state index is -3.82. The molecule has 0 bridgehead atoms. The zero-order chi connectivity index (χ0) is 31.3. The molecule has 3 fully saturated rings. The summed E-state index contributed by atoms with van der Waals surface area (Å²) in [6.45, 7) is 0.372. The van der Waals surface area contributed by atoms with Gasteiger partial charge in [0.1, 0.15) is 23.4 Å². The molecule has 1 saturated heterocycles. The molecule has 5 aliphatic rings. The van der Waals surface area contributed by atoms with Crippen molar-refractivity contribution in [2.24, 2.45) is 16.9 Å². The molecule has 0 radical (unpaired) electrons. The van der Waals surface area contributed by atoms with Gasteiger partial charge in [0.15, 0.2) is 0 Å². The van der Waals surface area contributed by atoms with Gasteiger partial charge in [-0.2, -0.15) is 0 Å². The summed E-state index contributed by atoms with van der Waals surface area (Å²) in [4.78, 5) is 48.3. The molecule has 236 valence electrons. The molecule has 0 aromatic heterocycles. The minimum Gasteiger partial charge on any atom is -0.390 e. The molecule has 3 aliphatic carbocycles. The van der Waals surface area contributed by atoms with Crippen LogP contribution in [0.3, 0.4) is 0 Å². The van der Waals surface area contributed by atoms with Crippen molar-refractivity contribution in [3.05, 3.63) is 71.8 Å². The van der Waals surface area contributed by atoms with Crippen LogP contribution in [0.4, 0.5) is 4.79 Å². The zero-order valence-electron chi connectivity index (χ0n) is 24.7. The van der Waals surface area contributed by atoms with Crippen molar-refractivity contribution < 1.29 is 27.6 Å². The summed E-state index contributed by atoms with van der Waals surface area (Å²) in [5.74, 6) is 4.48. The van der Waals surface area contributed by atoms with Gasteiger partial charge >= 0.3 is 6.03 Å². The van der Waals surface area contributed by atoms with E-state index in [4.69, 9.17) is 10.7 Å². The number of carbonyl (C=O) groups is 3. The number of fused-ring (bicyclic) bond motifs is 5. The van der Waals surface area contributed by atoms with Crippen LogP contribution in [0, 0.1) is 5.92 Å². The van der Waals surface area contributed by atoms with Crippen molar-refractivity contribution >= 4 is 33.6 Å². The molecule has 4 amide bonds. The zero-order valence-corrected chi connectivity index (χ0v) is 25.5. The topological polar surface area (TPSA) is 164 Å². The predicted molar refractivity (Wildman–Crippen MR) is 166 cm³/mol. The number of hydrogen-bond donors (Lipinski definition) is 3. The lowest BCUT2D eigenvalue weighted by atomic mass is 10.1. The number of oxime groups is 1. The number of urea groups is 1. The highest BCUT2D eigenvalue weighted by Crippen LogP contribution is 2.46. The fraction of sp³-hybridized carbons (Fsp3) is 0.438. The maximum Gasteiger partial charge on any atom is 0.334 e. The molecule has 4 atom stereocenters. The summed E-state index contributed by atoms with van der Waals surface area (Å²) in [6.07, 6.45) is 6.66. The van der Waals surface area contributed by atoms with Crippen LogP contribution < -0.4 is 15.9 Å². The van der Waals surface area contributed by atoms with Crippen LogP contribution in [-0.2, 0) is 24.4 Å². The van der Waals surface area contributed by atoms with Gasteiger partial charge in [-0.3, -0.25) is 19.3 Å². The molecule has 2 saturated carbocycles. The normalized spacial score (nSPS) is 28.6. The molecule has 13 heteroatoms. The summed E-state index contributed by atoms with van der Waals surface area (Å²) >= 11 is 0. The lowest BCUT2D eigenvalue weighted by molar-refractivity contribution is -0.131. The number of hydrazine groups is 1. The first-order chi connectivity index (χ1) is 21.7. The molecule has 0 unspecified atom stereocenters. The quantitative estimate of drug-likeness (QED) is 0.168. The Hall–Kier alpha value is -4.23. The first kappa shape index (κ1) is 29.5. The second-order valence-corrected chi connectivity index (χ2v) is 14.5. The first-order valence-electron chi connectivity index (χ1n) is 15.5. The number of hydrogen-bond acceptors (Lipinski definition) is 8. The van der Waals surface area contributed by atoms with Gasteiger partial charge in [0, 0.05) is 30.0 Å². The van der Waals surface area contributed by atoms with E-state index >= 15 is 0 Å². The highest BCUT2D eigenvalue weighted by atomic mass is 32.2. The summed E-state index contributed by atoms with van der Waals surface area (Å²) in [7, 11) is -3.82. The Balaban J connectivity index is 1.15. The van der Waals surface area contributed by atoms with Gasteiger partial charge < -0.3 is 15.1 Å². The molecular weight excluding hydrogens is 596 g/mol. The highest BCUT2D eigenvalue weighted by Gasteiger charge is 2.62. The van der Waals surface area contributed by atoms with Gasteiger partial charge in [-0.05, 0) is 49.7 Å². The fourth-order valence-corrected chi connectivity index (χ4v) is 7.95. The van der Waals surface area contributed by atoms with Crippen molar-refractivity contribution in [1.29, 1.82) is 0 Å². The standard InChI is InChI=1S/C32H36N6O6S/c33-38-16-8-2-1-3-9-20-18-32(20,30(40)36-45(42,43)22-14-15-22)34-29(39)27-17-21(19-37(27)31(38)41)44-35-28-25-12-6-4-10-23(25)24-11-5-7-13-26(24)28/h3-7,9-13,20-22,27H,1-2,8,14-19,33H2,(H,34,39)(H,36,40)/b9-3-/t20-,21-,27+,32+/m1/s1. The predicted octanol–water partition coefficient (Wildman–Crippen LogP) is 2.40. The molecule has 2 aliphatic heterocycles. The van der Waals surface area contributed by atoms with E-state index in [1.807, 2.05) is 60.7 Å². The van der Waals surface area contributed by atoms with E-state index < -0.39 is 50.8 Å². The lowest BCUT2D eigenvalue weighted by Crippen LogP contribution is -2.58. The van der Waals surface area contributed by atoms with Gasteiger partial charge in [0.05, 0.1) is 11.8 Å². The number of benzene rings is 2. The van der Waals surface area contributed by atoms with Gasteiger partial charge in [-0.15, -0.1) is 0 Å². The molecule has 4 N–H and O–H groups in total.